The van der Waals surface area contributed by atoms with Crippen LogP contribution in [0.5, 0.6) is 0 Å². The van der Waals surface area contributed by atoms with Crippen LogP contribution < -0.4 is 10.6 Å². The number of aromatic nitrogens is 2. The summed E-state index contributed by atoms with van der Waals surface area (Å²) in [5.41, 5.74) is 3.25. The van der Waals surface area contributed by atoms with Crippen LogP contribution >= 0.6 is 11.3 Å². The van der Waals surface area contributed by atoms with Crippen molar-refractivity contribution in [2.45, 2.75) is 6.54 Å². The van der Waals surface area contributed by atoms with Gasteiger partial charge in [0, 0.05) is 30.7 Å². The summed E-state index contributed by atoms with van der Waals surface area (Å²) in [7, 11) is 1.95. The molecule has 0 bridgehead atoms. The van der Waals surface area contributed by atoms with Crippen LogP contribution in [0.3, 0.4) is 0 Å². The zero-order chi connectivity index (χ0) is 18.5. The van der Waals surface area contributed by atoms with E-state index in [9.17, 15) is 9.59 Å². The van der Waals surface area contributed by atoms with Crippen LogP contribution in [0.4, 0.5) is 5.13 Å². The number of amides is 2. The molecule has 0 unspecified atom stereocenters. The van der Waals surface area contributed by atoms with Gasteiger partial charge in [-0.05, 0) is 35.9 Å². The van der Waals surface area contributed by atoms with Crippen molar-refractivity contribution in [3.8, 4) is 11.4 Å². The molecule has 6 nitrogen and oxygen atoms in total. The van der Waals surface area contributed by atoms with E-state index in [2.05, 4.69) is 22.2 Å². The summed E-state index contributed by atoms with van der Waals surface area (Å²) >= 11 is 1.38. The molecule has 0 aliphatic heterocycles. The molecule has 2 N–H and O–H groups in total. The lowest BCUT2D eigenvalue weighted by Gasteiger charge is -2.05. The van der Waals surface area contributed by atoms with Gasteiger partial charge in [-0.25, -0.2) is 4.98 Å². The van der Waals surface area contributed by atoms with Gasteiger partial charge in [0.2, 0.25) is 5.91 Å². The second kappa shape index (κ2) is 7.79. The van der Waals surface area contributed by atoms with Crippen molar-refractivity contribution in [3.05, 3.63) is 71.8 Å². The molecule has 3 rings (SSSR count). The maximum Gasteiger partial charge on any atom is 0.257 e. The molecule has 0 saturated carbocycles. The Morgan fingerprint density at radius 1 is 1.27 bits per heavy atom. The van der Waals surface area contributed by atoms with Crippen LogP contribution in [0.25, 0.3) is 11.4 Å². The van der Waals surface area contributed by atoms with Crippen molar-refractivity contribution >= 4 is 28.3 Å². The van der Waals surface area contributed by atoms with E-state index in [1.807, 2.05) is 35.3 Å². The van der Waals surface area contributed by atoms with E-state index in [0.29, 0.717) is 17.2 Å². The molecular weight excluding hydrogens is 348 g/mol. The molecule has 0 fully saturated rings. The number of hydrogen-bond donors (Lipinski definition) is 2. The van der Waals surface area contributed by atoms with Gasteiger partial charge in [-0.1, -0.05) is 18.7 Å². The van der Waals surface area contributed by atoms with Gasteiger partial charge in [-0.15, -0.1) is 11.3 Å². The van der Waals surface area contributed by atoms with E-state index in [1.54, 1.807) is 24.3 Å². The molecule has 2 heterocycles. The van der Waals surface area contributed by atoms with Gasteiger partial charge in [-0.2, -0.15) is 0 Å². The molecule has 0 saturated heterocycles. The second-order valence-electron chi connectivity index (χ2n) is 5.62. The third-order valence-electron chi connectivity index (χ3n) is 3.80. The highest BCUT2D eigenvalue weighted by Crippen LogP contribution is 2.25. The minimum atomic E-state index is -0.232. The lowest BCUT2D eigenvalue weighted by molar-refractivity contribution is -0.116. The molecule has 0 atom stereocenters. The first-order chi connectivity index (χ1) is 12.6. The predicted molar refractivity (Wildman–Crippen MR) is 103 cm³/mol. The van der Waals surface area contributed by atoms with Crippen LogP contribution in [0, 0.1) is 0 Å². The van der Waals surface area contributed by atoms with Crippen molar-refractivity contribution in [2.24, 2.45) is 7.05 Å². The third kappa shape index (κ3) is 4.07. The number of hydrogen-bond acceptors (Lipinski definition) is 4. The van der Waals surface area contributed by atoms with E-state index >= 15 is 0 Å². The van der Waals surface area contributed by atoms with Gasteiger partial charge in [0.25, 0.3) is 5.91 Å². The Kier molecular flexibility index (Phi) is 5.28. The van der Waals surface area contributed by atoms with Gasteiger partial charge in [-0.3, -0.25) is 14.9 Å². The van der Waals surface area contributed by atoms with E-state index in [0.717, 1.165) is 17.0 Å². The minimum Gasteiger partial charge on any atom is -0.349 e. The minimum absolute atomic E-state index is 0.223. The van der Waals surface area contributed by atoms with Gasteiger partial charge in [0.1, 0.15) is 0 Å². The lowest BCUT2D eigenvalue weighted by Crippen LogP contribution is -2.20. The first kappa shape index (κ1) is 17.6. The summed E-state index contributed by atoms with van der Waals surface area (Å²) in [6, 6.07) is 11.0. The van der Waals surface area contributed by atoms with E-state index in [4.69, 9.17) is 0 Å². The molecule has 0 aliphatic rings. The summed E-state index contributed by atoms with van der Waals surface area (Å²) in [6.07, 6.45) is 3.17. The first-order valence-corrected chi connectivity index (χ1v) is 8.82. The Labute approximate surface area is 155 Å². The Morgan fingerprint density at radius 2 is 2.04 bits per heavy atom. The van der Waals surface area contributed by atoms with Crippen molar-refractivity contribution < 1.29 is 9.59 Å². The summed E-state index contributed by atoms with van der Waals surface area (Å²) in [4.78, 5) is 28.0. The molecule has 3 aromatic rings. The largest absolute Gasteiger partial charge is 0.349 e. The molecule has 1 aromatic carbocycles. The fraction of sp³-hybridized carbons (Fsp3) is 0.105. The van der Waals surface area contributed by atoms with Gasteiger partial charge < -0.3 is 9.88 Å². The lowest BCUT2D eigenvalue weighted by atomic mass is 10.1. The highest BCUT2D eigenvalue weighted by atomic mass is 32.1. The molecule has 2 aromatic heterocycles. The Morgan fingerprint density at radius 3 is 2.69 bits per heavy atom. The quantitative estimate of drug-likeness (QED) is 0.658. The average molecular weight is 366 g/mol. The topological polar surface area (TPSA) is 76.0 Å². The molecule has 26 heavy (non-hydrogen) atoms. The zero-order valence-electron chi connectivity index (χ0n) is 14.2. The highest BCUT2D eigenvalue weighted by molar-refractivity contribution is 7.14. The number of rotatable bonds is 6. The Bertz CT molecular complexity index is 941. The van der Waals surface area contributed by atoms with Crippen molar-refractivity contribution in [1.82, 2.24) is 14.9 Å². The SMILES string of the molecule is C=CC(=O)NCc1ccc(C(=O)Nc2nc(-c3cccn3C)cs2)cc1. The second-order valence-corrected chi connectivity index (χ2v) is 6.47. The monoisotopic (exact) mass is 366 g/mol. The standard InChI is InChI=1S/C19H18N4O2S/c1-3-17(24)20-11-13-6-8-14(9-7-13)18(25)22-19-21-15(12-26-19)16-5-4-10-23(16)2/h3-10,12H,1,11H2,2H3,(H,20,24)(H,21,22,25). The summed E-state index contributed by atoms with van der Waals surface area (Å²) < 4.78 is 1.98. The van der Waals surface area contributed by atoms with Crippen LogP contribution in [0.15, 0.2) is 60.6 Å². The van der Waals surface area contributed by atoms with Crippen molar-refractivity contribution in [3.63, 3.8) is 0 Å². The molecule has 2 amide bonds. The van der Waals surface area contributed by atoms with E-state index < -0.39 is 0 Å². The number of benzene rings is 1. The molecule has 7 heteroatoms. The zero-order valence-corrected chi connectivity index (χ0v) is 15.0. The van der Waals surface area contributed by atoms with Gasteiger partial charge in [0.05, 0.1) is 11.4 Å². The summed E-state index contributed by atoms with van der Waals surface area (Å²) in [5, 5.41) is 7.97. The highest BCUT2D eigenvalue weighted by Gasteiger charge is 2.11. The number of thiazole rings is 1. The molecule has 0 aliphatic carbocycles. The molecular formula is C19H18N4O2S. The Hall–Kier alpha value is -3.19. The fourth-order valence-electron chi connectivity index (χ4n) is 2.38. The maximum atomic E-state index is 12.4. The van der Waals surface area contributed by atoms with Crippen LogP contribution in [0.1, 0.15) is 15.9 Å². The first-order valence-electron chi connectivity index (χ1n) is 7.94. The van der Waals surface area contributed by atoms with E-state index in [1.165, 1.54) is 17.4 Å². The normalized spacial score (nSPS) is 10.3. The number of carbonyl (C=O) groups excluding carboxylic acids is 2. The summed E-state index contributed by atoms with van der Waals surface area (Å²) in [5.74, 6) is -0.455. The Balaban J connectivity index is 1.63. The average Bonchev–Trinajstić information content (AvgIpc) is 3.28. The van der Waals surface area contributed by atoms with Crippen molar-refractivity contribution in [2.75, 3.05) is 5.32 Å². The molecule has 0 spiro atoms. The molecule has 0 radical (unpaired) electrons. The number of aryl methyl sites for hydroxylation is 1. The van der Waals surface area contributed by atoms with Gasteiger partial charge in [0.15, 0.2) is 5.13 Å². The number of nitrogens with one attached hydrogen (secondary N) is 2. The van der Waals surface area contributed by atoms with Crippen LogP contribution in [-0.4, -0.2) is 21.4 Å². The number of anilines is 1. The maximum absolute atomic E-state index is 12.4. The van der Waals surface area contributed by atoms with Crippen LogP contribution in [-0.2, 0) is 18.4 Å². The number of carbonyl (C=O) groups is 2. The smallest absolute Gasteiger partial charge is 0.257 e. The van der Waals surface area contributed by atoms with Crippen LogP contribution in [0.2, 0.25) is 0 Å². The molecule has 132 valence electrons. The van der Waals surface area contributed by atoms with Gasteiger partial charge >= 0.3 is 0 Å². The third-order valence-corrected chi connectivity index (χ3v) is 4.56. The van der Waals surface area contributed by atoms with Crippen molar-refractivity contribution in [1.29, 1.82) is 0 Å². The number of nitrogens with zero attached hydrogens (tertiary/aromatic N) is 2. The van der Waals surface area contributed by atoms with E-state index in [-0.39, 0.29) is 11.8 Å². The fourth-order valence-corrected chi connectivity index (χ4v) is 3.08. The predicted octanol–water partition coefficient (Wildman–Crippen LogP) is 3.20. The summed E-state index contributed by atoms with van der Waals surface area (Å²) in [6.45, 7) is 3.79.